The molecule has 0 aliphatic carbocycles. The van der Waals surface area contributed by atoms with E-state index in [9.17, 15) is 17.9 Å². The van der Waals surface area contributed by atoms with Crippen LogP contribution in [0.15, 0.2) is 83.9 Å². The van der Waals surface area contributed by atoms with Gasteiger partial charge in [0.15, 0.2) is 9.84 Å². The zero-order valence-corrected chi connectivity index (χ0v) is 18.8. The van der Waals surface area contributed by atoms with Crippen molar-refractivity contribution in [3.05, 3.63) is 90.5 Å². The summed E-state index contributed by atoms with van der Waals surface area (Å²) in [5.41, 5.74) is 2.52. The van der Waals surface area contributed by atoms with Crippen molar-refractivity contribution in [3.63, 3.8) is 0 Å². The molecule has 1 heterocycles. The van der Waals surface area contributed by atoms with Gasteiger partial charge in [0.1, 0.15) is 17.2 Å². The van der Waals surface area contributed by atoms with Crippen LogP contribution in [0.5, 0.6) is 0 Å². The van der Waals surface area contributed by atoms with Crippen LogP contribution in [0.3, 0.4) is 0 Å². The average molecular weight is 451 g/mol. The molecule has 1 N–H and O–H groups in total. The van der Waals surface area contributed by atoms with Crippen LogP contribution in [0.1, 0.15) is 19.5 Å². The van der Waals surface area contributed by atoms with Gasteiger partial charge in [0.05, 0.1) is 10.6 Å². The van der Waals surface area contributed by atoms with Gasteiger partial charge in [-0.05, 0) is 73.5 Å². The molecule has 0 saturated carbocycles. The van der Waals surface area contributed by atoms with E-state index >= 15 is 0 Å². The Bertz CT molecular complexity index is 1370. The number of benzene rings is 3. The molecule has 5 nitrogen and oxygen atoms in total. The minimum absolute atomic E-state index is 0.266. The van der Waals surface area contributed by atoms with Gasteiger partial charge < -0.3 is 5.11 Å². The van der Waals surface area contributed by atoms with Crippen molar-refractivity contribution in [3.8, 4) is 28.2 Å². The molecule has 164 valence electrons. The summed E-state index contributed by atoms with van der Waals surface area (Å²) < 4.78 is 39.0. The Balaban J connectivity index is 1.77. The highest BCUT2D eigenvalue weighted by atomic mass is 32.2. The van der Waals surface area contributed by atoms with Crippen molar-refractivity contribution < 1.29 is 17.9 Å². The molecule has 0 spiro atoms. The third-order valence-corrected chi connectivity index (χ3v) is 6.29. The maximum absolute atomic E-state index is 13.4. The predicted octanol–water partition coefficient (Wildman–Crippen LogP) is 4.98. The average Bonchev–Trinajstić information content (AvgIpc) is 3.20. The number of nitrogens with zero attached hydrogens (tertiary/aromatic N) is 2. The van der Waals surface area contributed by atoms with Crippen LogP contribution >= 0.6 is 0 Å². The lowest BCUT2D eigenvalue weighted by Crippen LogP contribution is -2.15. The van der Waals surface area contributed by atoms with Crippen LogP contribution in [0, 0.1) is 5.82 Å². The van der Waals surface area contributed by atoms with E-state index in [1.165, 1.54) is 18.4 Å². The number of hydrogen-bond acceptors (Lipinski definition) is 4. The molecule has 32 heavy (non-hydrogen) atoms. The van der Waals surface area contributed by atoms with Crippen LogP contribution in [-0.4, -0.2) is 29.3 Å². The lowest BCUT2D eigenvalue weighted by atomic mass is 10.1. The molecule has 0 radical (unpaired) electrons. The van der Waals surface area contributed by atoms with Crippen LogP contribution in [0.25, 0.3) is 28.2 Å². The monoisotopic (exact) mass is 450 g/mol. The first-order valence-electron chi connectivity index (χ1n) is 10.0. The molecule has 4 rings (SSSR count). The van der Waals surface area contributed by atoms with E-state index in [4.69, 9.17) is 0 Å². The molecule has 0 bridgehead atoms. The summed E-state index contributed by atoms with van der Waals surface area (Å²) in [6, 6.07) is 20.4. The molecule has 0 unspecified atom stereocenters. The molecule has 0 fully saturated rings. The molecule has 7 heteroatoms. The Labute approximate surface area is 186 Å². The van der Waals surface area contributed by atoms with Gasteiger partial charge in [-0.2, -0.15) is 0 Å². The van der Waals surface area contributed by atoms with Crippen LogP contribution in [0.2, 0.25) is 0 Å². The number of imidazole rings is 1. The zero-order valence-electron chi connectivity index (χ0n) is 17.9. The fourth-order valence-electron chi connectivity index (χ4n) is 3.40. The summed E-state index contributed by atoms with van der Waals surface area (Å²) >= 11 is 0. The van der Waals surface area contributed by atoms with Gasteiger partial charge in [-0.15, -0.1) is 0 Å². The number of hydrogen-bond donors (Lipinski definition) is 1. The first-order chi connectivity index (χ1) is 15.0. The molecule has 0 atom stereocenters. The second kappa shape index (κ2) is 8.00. The predicted molar refractivity (Wildman–Crippen MR) is 123 cm³/mol. The second-order valence-corrected chi connectivity index (χ2v) is 10.2. The van der Waals surface area contributed by atoms with Crippen molar-refractivity contribution in [2.75, 3.05) is 6.26 Å². The van der Waals surface area contributed by atoms with E-state index in [1.54, 1.807) is 50.4 Å². The highest BCUT2D eigenvalue weighted by molar-refractivity contribution is 7.90. The smallest absolute Gasteiger partial charge is 0.175 e. The second-order valence-electron chi connectivity index (χ2n) is 8.23. The summed E-state index contributed by atoms with van der Waals surface area (Å²) in [6.07, 6.45) is 2.95. The van der Waals surface area contributed by atoms with Gasteiger partial charge in [0.2, 0.25) is 0 Å². The van der Waals surface area contributed by atoms with Gasteiger partial charge in [-0.3, -0.25) is 4.57 Å². The van der Waals surface area contributed by atoms with Gasteiger partial charge in [0, 0.05) is 23.7 Å². The third-order valence-electron chi connectivity index (χ3n) is 5.18. The summed E-state index contributed by atoms with van der Waals surface area (Å²) in [5.74, 6) is 0.240. The van der Waals surface area contributed by atoms with E-state index in [-0.39, 0.29) is 10.7 Å². The number of rotatable bonds is 5. The van der Waals surface area contributed by atoms with E-state index in [1.807, 2.05) is 34.9 Å². The highest BCUT2D eigenvalue weighted by Gasteiger charge is 2.23. The number of aromatic nitrogens is 2. The molecule has 1 aromatic heterocycles. The summed E-state index contributed by atoms with van der Waals surface area (Å²) in [5, 5.41) is 10.5. The zero-order chi connectivity index (χ0) is 23.1. The fraction of sp³-hybridized carbons (Fsp3) is 0.160. The van der Waals surface area contributed by atoms with E-state index in [2.05, 4.69) is 4.98 Å². The van der Waals surface area contributed by atoms with Crippen LogP contribution < -0.4 is 0 Å². The van der Waals surface area contributed by atoms with E-state index in [0.717, 1.165) is 16.8 Å². The lowest BCUT2D eigenvalue weighted by Gasteiger charge is -2.13. The van der Waals surface area contributed by atoms with Gasteiger partial charge in [-0.25, -0.2) is 17.8 Å². The van der Waals surface area contributed by atoms with Gasteiger partial charge >= 0.3 is 0 Å². The number of sulfone groups is 1. The lowest BCUT2D eigenvalue weighted by molar-refractivity contribution is 0.0743. The summed E-state index contributed by atoms with van der Waals surface area (Å²) in [6.45, 7) is 3.32. The van der Waals surface area contributed by atoms with Crippen molar-refractivity contribution in [2.24, 2.45) is 0 Å². The Hall–Kier alpha value is -3.29. The Morgan fingerprint density at radius 3 is 2.12 bits per heavy atom. The maximum atomic E-state index is 13.4. The van der Waals surface area contributed by atoms with Crippen molar-refractivity contribution in [1.82, 2.24) is 9.55 Å². The number of halogens is 1. The molecule has 0 aliphatic rings. The largest absolute Gasteiger partial charge is 0.384 e. The minimum atomic E-state index is -3.30. The quantitative estimate of drug-likeness (QED) is 0.466. The van der Waals surface area contributed by atoms with Crippen molar-refractivity contribution in [1.29, 1.82) is 0 Å². The summed E-state index contributed by atoms with van der Waals surface area (Å²) in [7, 11) is -3.30. The molecule has 0 amide bonds. The standard InChI is InChI=1S/C25H23FN2O3S/c1-25(2,29)23-16-28(24(27-23)18-7-11-20(26)12-8-18)21-13-9-17(10-14-21)19-5-4-6-22(15-19)32(3,30)31/h4-16,29H,1-3H3. The van der Waals surface area contributed by atoms with Crippen molar-refractivity contribution in [2.45, 2.75) is 24.3 Å². The topological polar surface area (TPSA) is 72.2 Å². The van der Waals surface area contributed by atoms with Gasteiger partial charge in [-0.1, -0.05) is 24.3 Å². The Kier molecular flexibility index (Phi) is 5.48. The van der Waals surface area contributed by atoms with Crippen LogP contribution in [0.4, 0.5) is 4.39 Å². The normalized spacial score (nSPS) is 12.2. The van der Waals surface area contributed by atoms with E-state index < -0.39 is 15.4 Å². The summed E-state index contributed by atoms with van der Waals surface area (Å²) in [4.78, 5) is 4.87. The molecular weight excluding hydrogens is 427 g/mol. The molecular formula is C25H23FN2O3S. The molecule has 0 saturated heterocycles. The molecule has 3 aromatic carbocycles. The minimum Gasteiger partial charge on any atom is -0.384 e. The SMILES string of the molecule is CC(C)(O)c1cn(-c2ccc(-c3cccc(S(C)(=O)=O)c3)cc2)c(-c2ccc(F)cc2)n1. The maximum Gasteiger partial charge on any atom is 0.175 e. The Morgan fingerprint density at radius 1 is 0.906 bits per heavy atom. The highest BCUT2D eigenvalue weighted by Crippen LogP contribution is 2.29. The van der Waals surface area contributed by atoms with E-state index in [0.29, 0.717) is 17.1 Å². The van der Waals surface area contributed by atoms with Crippen LogP contribution in [-0.2, 0) is 15.4 Å². The third kappa shape index (κ3) is 4.49. The molecule has 4 aromatic rings. The fourth-order valence-corrected chi connectivity index (χ4v) is 4.06. The first-order valence-corrected chi connectivity index (χ1v) is 11.9. The van der Waals surface area contributed by atoms with Gasteiger partial charge in [0.25, 0.3) is 0 Å². The Morgan fingerprint density at radius 2 is 1.53 bits per heavy atom. The molecule has 0 aliphatic heterocycles. The first kappa shape index (κ1) is 21.9. The number of aliphatic hydroxyl groups is 1. The van der Waals surface area contributed by atoms with Crippen molar-refractivity contribution >= 4 is 9.84 Å².